The van der Waals surface area contributed by atoms with Crippen molar-refractivity contribution in [1.29, 1.82) is 0 Å². The molecule has 5 heteroatoms. The van der Waals surface area contributed by atoms with Gasteiger partial charge in [0, 0.05) is 20.1 Å². The van der Waals surface area contributed by atoms with E-state index in [2.05, 4.69) is 10.4 Å². The smallest absolute Gasteiger partial charge is 0.224 e. The topological polar surface area (TPSA) is 67.2 Å². The molecule has 0 aliphatic rings. The number of aliphatic hydroxyl groups is 1. The molecule has 0 fully saturated rings. The van der Waals surface area contributed by atoms with Crippen LogP contribution in [0.1, 0.15) is 24.2 Å². The monoisotopic (exact) mass is 211 g/mol. The van der Waals surface area contributed by atoms with E-state index in [0.717, 1.165) is 17.1 Å². The lowest BCUT2D eigenvalue weighted by atomic mass is 10.2. The average Bonchev–Trinajstić information content (AvgIpc) is 2.42. The minimum absolute atomic E-state index is 0.0401. The Hall–Kier alpha value is -1.36. The first-order chi connectivity index (χ1) is 7.06. The third kappa shape index (κ3) is 2.79. The molecule has 0 aliphatic carbocycles. The Morgan fingerprint density at radius 3 is 2.67 bits per heavy atom. The fraction of sp³-hybridized carbons (Fsp3) is 0.600. The summed E-state index contributed by atoms with van der Waals surface area (Å²) >= 11 is 0. The molecule has 5 nitrogen and oxygen atoms in total. The normalized spacial score (nSPS) is 10.4. The molecule has 1 rings (SSSR count). The van der Waals surface area contributed by atoms with Gasteiger partial charge in [0.2, 0.25) is 5.91 Å². The molecule has 0 aromatic carbocycles. The van der Waals surface area contributed by atoms with Crippen LogP contribution in [0.15, 0.2) is 0 Å². The lowest BCUT2D eigenvalue weighted by Gasteiger charge is -2.04. The first kappa shape index (κ1) is 11.7. The van der Waals surface area contributed by atoms with Gasteiger partial charge >= 0.3 is 0 Å². The summed E-state index contributed by atoms with van der Waals surface area (Å²) in [5.41, 5.74) is 2.53. The van der Waals surface area contributed by atoms with Gasteiger partial charge in [0.05, 0.1) is 17.1 Å². The molecule has 0 saturated heterocycles. The van der Waals surface area contributed by atoms with E-state index >= 15 is 0 Å². The van der Waals surface area contributed by atoms with Crippen LogP contribution in [0, 0.1) is 13.8 Å². The van der Waals surface area contributed by atoms with Gasteiger partial charge in [-0.1, -0.05) is 0 Å². The summed E-state index contributed by atoms with van der Waals surface area (Å²) in [6.07, 6.45) is 0.828. The van der Waals surface area contributed by atoms with Gasteiger partial charge in [-0.05, 0) is 20.3 Å². The Labute approximate surface area is 89.1 Å². The number of carbonyl (C=O) groups is 1. The molecule has 1 aromatic rings. The Morgan fingerprint density at radius 2 is 2.20 bits per heavy atom. The standard InChI is InChI=1S/C10H17N3O2/c1-7-10(8(2)13(3)12-7)11-9(15)5-4-6-14/h14H,4-6H2,1-3H3,(H,11,15). The SMILES string of the molecule is Cc1nn(C)c(C)c1NC(=O)CCCO. The number of aliphatic hydroxyl groups excluding tert-OH is 1. The maximum Gasteiger partial charge on any atom is 0.224 e. The number of hydrogen-bond acceptors (Lipinski definition) is 3. The molecular weight excluding hydrogens is 194 g/mol. The quantitative estimate of drug-likeness (QED) is 0.772. The summed E-state index contributed by atoms with van der Waals surface area (Å²) in [5, 5.41) is 15.6. The summed E-state index contributed by atoms with van der Waals surface area (Å²) < 4.78 is 1.73. The molecule has 0 unspecified atom stereocenters. The van der Waals surface area contributed by atoms with Crippen molar-refractivity contribution in [2.75, 3.05) is 11.9 Å². The number of carbonyl (C=O) groups excluding carboxylic acids is 1. The van der Waals surface area contributed by atoms with Gasteiger partial charge in [-0.15, -0.1) is 0 Å². The van der Waals surface area contributed by atoms with Crippen molar-refractivity contribution in [2.24, 2.45) is 7.05 Å². The van der Waals surface area contributed by atoms with Crippen LogP contribution in [0.2, 0.25) is 0 Å². The zero-order valence-corrected chi connectivity index (χ0v) is 9.37. The number of hydrogen-bond donors (Lipinski definition) is 2. The predicted molar refractivity (Wildman–Crippen MR) is 57.6 cm³/mol. The molecule has 15 heavy (non-hydrogen) atoms. The number of aromatic nitrogens is 2. The Kier molecular flexibility index (Phi) is 3.85. The van der Waals surface area contributed by atoms with Crippen LogP contribution in [0.4, 0.5) is 5.69 Å². The van der Waals surface area contributed by atoms with Crippen molar-refractivity contribution in [3.8, 4) is 0 Å². The van der Waals surface area contributed by atoms with Crippen molar-refractivity contribution < 1.29 is 9.90 Å². The molecule has 0 bridgehead atoms. The largest absolute Gasteiger partial charge is 0.396 e. The first-order valence-electron chi connectivity index (χ1n) is 4.97. The van der Waals surface area contributed by atoms with E-state index in [4.69, 9.17) is 5.11 Å². The highest BCUT2D eigenvalue weighted by Gasteiger charge is 2.11. The Bertz CT molecular complexity index is 358. The Morgan fingerprint density at radius 1 is 1.53 bits per heavy atom. The number of nitrogens with zero attached hydrogens (tertiary/aromatic N) is 2. The maximum atomic E-state index is 11.4. The van der Waals surface area contributed by atoms with Gasteiger partial charge in [-0.2, -0.15) is 5.10 Å². The molecule has 1 aromatic heterocycles. The fourth-order valence-corrected chi connectivity index (χ4v) is 1.40. The number of aryl methyl sites for hydroxylation is 2. The first-order valence-corrected chi connectivity index (χ1v) is 4.97. The van der Waals surface area contributed by atoms with Gasteiger partial charge in [0.1, 0.15) is 0 Å². The molecule has 84 valence electrons. The molecule has 0 saturated carbocycles. The Balaban J connectivity index is 2.68. The molecule has 2 N–H and O–H groups in total. The highest BCUT2D eigenvalue weighted by Crippen LogP contribution is 2.18. The molecule has 0 spiro atoms. The average molecular weight is 211 g/mol. The van der Waals surface area contributed by atoms with Crippen LogP contribution < -0.4 is 5.32 Å². The summed E-state index contributed by atoms with van der Waals surface area (Å²) in [4.78, 5) is 11.4. The van der Waals surface area contributed by atoms with Crippen LogP contribution in [0.25, 0.3) is 0 Å². The fourth-order valence-electron chi connectivity index (χ4n) is 1.40. The van der Waals surface area contributed by atoms with Gasteiger partial charge in [0.25, 0.3) is 0 Å². The number of anilines is 1. The highest BCUT2D eigenvalue weighted by atomic mass is 16.3. The lowest BCUT2D eigenvalue weighted by molar-refractivity contribution is -0.116. The molecule has 0 atom stereocenters. The van der Waals surface area contributed by atoms with Crippen LogP contribution in [0.5, 0.6) is 0 Å². The number of rotatable bonds is 4. The number of amides is 1. The lowest BCUT2D eigenvalue weighted by Crippen LogP contribution is -2.13. The van der Waals surface area contributed by atoms with Crippen LogP contribution in [-0.2, 0) is 11.8 Å². The van der Waals surface area contributed by atoms with Crippen LogP contribution in [0.3, 0.4) is 0 Å². The van der Waals surface area contributed by atoms with Gasteiger partial charge in [0.15, 0.2) is 0 Å². The third-order valence-electron chi connectivity index (χ3n) is 2.34. The van der Waals surface area contributed by atoms with Crippen LogP contribution >= 0.6 is 0 Å². The molecular formula is C10H17N3O2. The second-order valence-electron chi connectivity index (χ2n) is 3.54. The van der Waals surface area contributed by atoms with E-state index in [1.807, 2.05) is 20.9 Å². The van der Waals surface area contributed by atoms with Gasteiger partial charge < -0.3 is 10.4 Å². The van der Waals surface area contributed by atoms with Crippen molar-refractivity contribution in [3.63, 3.8) is 0 Å². The van der Waals surface area contributed by atoms with E-state index in [0.29, 0.717) is 12.8 Å². The van der Waals surface area contributed by atoms with E-state index in [1.165, 1.54) is 0 Å². The summed E-state index contributed by atoms with van der Waals surface area (Å²) in [7, 11) is 1.84. The van der Waals surface area contributed by atoms with Gasteiger partial charge in [-0.3, -0.25) is 9.48 Å². The zero-order chi connectivity index (χ0) is 11.4. The van der Waals surface area contributed by atoms with Crippen molar-refractivity contribution >= 4 is 11.6 Å². The van der Waals surface area contributed by atoms with E-state index in [-0.39, 0.29) is 12.5 Å². The molecule has 0 aliphatic heterocycles. The van der Waals surface area contributed by atoms with Crippen molar-refractivity contribution in [1.82, 2.24) is 9.78 Å². The summed E-state index contributed by atoms with van der Waals surface area (Å²) in [6.45, 7) is 3.80. The number of nitrogens with one attached hydrogen (secondary N) is 1. The summed E-state index contributed by atoms with van der Waals surface area (Å²) in [6, 6.07) is 0. The minimum atomic E-state index is -0.0803. The van der Waals surface area contributed by atoms with Crippen LogP contribution in [-0.4, -0.2) is 27.4 Å². The maximum absolute atomic E-state index is 11.4. The summed E-state index contributed by atoms with van der Waals surface area (Å²) in [5.74, 6) is -0.0803. The third-order valence-corrected chi connectivity index (χ3v) is 2.34. The minimum Gasteiger partial charge on any atom is -0.396 e. The highest BCUT2D eigenvalue weighted by molar-refractivity contribution is 5.91. The van der Waals surface area contributed by atoms with Gasteiger partial charge in [-0.25, -0.2) is 0 Å². The molecule has 0 radical (unpaired) electrons. The zero-order valence-electron chi connectivity index (χ0n) is 9.37. The molecule has 1 amide bonds. The van der Waals surface area contributed by atoms with Crippen molar-refractivity contribution in [2.45, 2.75) is 26.7 Å². The van der Waals surface area contributed by atoms with E-state index in [9.17, 15) is 4.79 Å². The molecule has 1 heterocycles. The van der Waals surface area contributed by atoms with E-state index in [1.54, 1.807) is 4.68 Å². The predicted octanol–water partition coefficient (Wildman–Crippen LogP) is 0.748. The van der Waals surface area contributed by atoms with Crippen molar-refractivity contribution in [3.05, 3.63) is 11.4 Å². The van der Waals surface area contributed by atoms with E-state index < -0.39 is 0 Å². The second kappa shape index (κ2) is 4.93. The second-order valence-corrected chi connectivity index (χ2v) is 3.54.